The van der Waals surface area contributed by atoms with E-state index in [9.17, 15) is 9.18 Å². The summed E-state index contributed by atoms with van der Waals surface area (Å²) in [6.07, 6.45) is 1.56. The summed E-state index contributed by atoms with van der Waals surface area (Å²) in [5.74, 6) is -0.0915. The fourth-order valence-electron chi connectivity index (χ4n) is 3.82. The van der Waals surface area contributed by atoms with Crippen LogP contribution >= 0.6 is 11.6 Å². The van der Waals surface area contributed by atoms with Crippen molar-refractivity contribution in [2.24, 2.45) is 4.99 Å². The minimum absolute atomic E-state index is 0.0196. The van der Waals surface area contributed by atoms with E-state index in [4.69, 9.17) is 25.8 Å². The molecule has 35 heavy (non-hydrogen) atoms. The molecule has 4 aromatic rings. The van der Waals surface area contributed by atoms with E-state index in [1.165, 1.54) is 13.2 Å². The van der Waals surface area contributed by atoms with E-state index in [0.717, 1.165) is 16.3 Å². The van der Waals surface area contributed by atoms with E-state index in [-0.39, 0.29) is 34.8 Å². The average molecular weight is 488 g/mol. The summed E-state index contributed by atoms with van der Waals surface area (Å²) in [5.41, 5.74) is 1.82. The van der Waals surface area contributed by atoms with Crippen molar-refractivity contribution in [3.63, 3.8) is 0 Å². The van der Waals surface area contributed by atoms with Crippen LogP contribution in [0.25, 0.3) is 16.8 Å². The molecule has 0 unspecified atom stereocenters. The Kier molecular flexibility index (Phi) is 6.21. The summed E-state index contributed by atoms with van der Waals surface area (Å²) in [6.45, 7) is -0.0196. The van der Waals surface area contributed by atoms with Gasteiger partial charge in [0.15, 0.2) is 17.2 Å². The SMILES string of the molecule is COc1cc(C=C2N=C(c3cccc4ccccc34)OC2=O)cc(Cl)c1OCc1ccccc1F. The van der Waals surface area contributed by atoms with E-state index < -0.39 is 5.97 Å². The van der Waals surface area contributed by atoms with Crippen LogP contribution in [-0.4, -0.2) is 19.0 Å². The number of hydrogen-bond acceptors (Lipinski definition) is 5. The number of fused-ring (bicyclic) bond motifs is 1. The van der Waals surface area contributed by atoms with Gasteiger partial charge in [-0.15, -0.1) is 0 Å². The number of hydrogen-bond donors (Lipinski definition) is 0. The van der Waals surface area contributed by atoms with E-state index in [1.807, 2.05) is 42.5 Å². The zero-order chi connectivity index (χ0) is 24.4. The number of halogens is 2. The van der Waals surface area contributed by atoms with Gasteiger partial charge in [-0.25, -0.2) is 14.2 Å². The van der Waals surface area contributed by atoms with Crippen LogP contribution in [0.5, 0.6) is 11.5 Å². The van der Waals surface area contributed by atoms with Gasteiger partial charge >= 0.3 is 5.97 Å². The Labute approximate surface area is 206 Å². The molecule has 0 saturated heterocycles. The molecule has 0 spiro atoms. The van der Waals surface area contributed by atoms with Crippen molar-refractivity contribution in [1.82, 2.24) is 0 Å². The largest absolute Gasteiger partial charge is 0.493 e. The number of carbonyl (C=O) groups is 1. The standard InChI is InChI=1S/C28H19ClFNO4/c1-33-25-15-17(13-22(29)26(25)34-16-19-8-3-5-12-23(19)30)14-24-28(32)35-27(31-24)21-11-6-9-18-7-2-4-10-20(18)21/h2-15H,16H2,1H3. The van der Waals surface area contributed by atoms with Crippen LogP contribution in [0.2, 0.25) is 5.02 Å². The third-order valence-electron chi connectivity index (χ3n) is 5.53. The van der Waals surface area contributed by atoms with Gasteiger partial charge in [-0.2, -0.15) is 0 Å². The highest BCUT2D eigenvalue weighted by atomic mass is 35.5. The summed E-state index contributed by atoms with van der Waals surface area (Å²) in [5, 5.41) is 2.20. The zero-order valence-corrected chi connectivity index (χ0v) is 19.4. The predicted molar refractivity (Wildman–Crippen MR) is 133 cm³/mol. The number of ether oxygens (including phenoxy) is 3. The number of methoxy groups -OCH3 is 1. The van der Waals surface area contributed by atoms with Crippen molar-refractivity contribution in [1.29, 1.82) is 0 Å². The molecule has 1 aliphatic heterocycles. The normalized spacial score (nSPS) is 14.2. The maximum Gasteiger partial charge on any atom is 0.363 e. The summed E-state index contributed by atoms with van der Waals surface area (Å²) < 4.78 is 30.6. The number of carbonyl (C=O) groups excluding carboxylic acids is 1. The lowest BCUT2D eigenvalue weighted by Crippen LogP contribution is -2.05. The van der Waals surface area contributed by atoms with Crippen molar-refractivity contribution in [3.05, 3.63) is 112 Å². The first-order valence-electron chi connectivity index (χ1n) is 10.8. The highest BCUT2D eigenvalue weighted by Gasteiger charge is 2.25. The molecular formula is C28H19ClFNO4. The van der Waals surface area contributed by atoms with Gasteiger partial charge in [-0.3, -0.25) is 0 Å². The molecule has 5 rings (SSSR count). The van der Waals surface area contributed by atoms with Gasteiger partial charge in [-0.1, -0.05) is 66.2 Å². The Morgan fingerprint density at radius 1 is 1.03 bits per heavy atom. The summed E-state index contributed by atoms with van der Waals surface area (Å²) in [6, 6.07) is 23.1. The van der Waals surface area contributed by atoms with Gasteiger partial charge in [0.25, 0.3) is 0 Å². The molecule has 0 amide bonds. The van der Waals surface area contributed by atoms with Crippen LogP contribution in [0.1, 0.15) is 16.7 Å². The van der Waals surface area contributed by atoms with Crippen molar-refractivity contribution >= 4 is 40.3 Å². The lowest BCUT2D eigenvalue weighted by molar-refractivity contribution is -0.129. The molecule has 0 aromatic heterocycles. The molecule has 1 heterocycles. The van der Waals surface area contributed by atoms with Crippen LogP contribution in [0, 0.1) is 5.82 Å². The van der Waals surface area contributed by atoms with E-state index in [1.54, 1.807) is 36.4 Å². The number of cyclic esters (lactones) is 1. The molecule has 0 aliphatic carbocycles. The van der Waals surface area contributed by atoms with Gasteiger partial charge in [0.2, 0.25) is 5.90 Å². The first-order valence-corrected chi connectivity index (χ1v) is 11.2. The Bertz CT molecular complexity index is 1510. The van der Waals surface area contributed by atoms with Gasteiger partial charge in [-0.05, 0) is 46.7 Å². The first kappa shape index (κ1) is 22.6. The summed E-state index contributed by atoms with van der Waals surface area (Å²) in [4.78, 5) is 17.0. The fraction of sp³-hybridized carbons (Fsp3) is 0.0714. The molecule has 0 atom stereocenters. The van der Waals surface area contributed by atoms with E-state index in [2.05, 4.69) is 4.99 Å². The molecule has 0 N–H and O–H groups in total. The molecule has 5 nitrogen and oxygen atoms in total. The van der Waals surface area contributed by atoms with E-state index in [0.29, 0.717) is 16.9 Å². The zero-order valence-electron chi connectivity index (χ0n) is 18.6. The minimum Gasteiger partial charge on any atom is -0.493 e. The van der Waals surface area contributed by atoms with E-state index >= 15 is 0 Å². The number of nitrogens with zero attached hydrogens (tertiary/aromatic N) is 1. The van der Waals surface area contributed by atoms with Crippen LogP contribution in [-0.2, 0) is 16.1 Å². The van der Waals surface area contributed by atoms with Gasteiger partial charge in [0.1, 0.15) is 12.4 Å². The second-order valence-electron chi connectivity index (χ2n) is 7.78. The second-order valence-corrected chi connectivity index (χ2v) is 8.18. The average Bonchev–Trinajstić information content (AvgIpc) is 3.23. The quantitative estimate of drug-likeness (QED) is 0.228. The van der Waals surface area contributed by atoms with Crippen LogP contribution in [0.4, 0.5) is 4.39 Å². The fourth-order valence-corrected chi connectivity index (χ4v) is 4.10. The highest BCUT2D eigenvalue weighted by Crippen LogP contribution is 2.38. The molecule has 0 fully saturated rings. The number of rotatable bonds is 6. The molecule has 0 bridgehead atoms. The topological polar surface area (TPSA) is 57.1 Å². The number of esters is 1. The van der Waals surface area contributed by atoms with Crippen molar-refractivity contribution in [2.45, 2.75) is 6.61 Å². The van der Waals surface area contributed by atoms with Crippen LogP contribution < -0.4 is 9.47 Å². The predicted octanol–water partition coefficient (Wildman–Crippen LogP) is 6.56. The summed E-state index contributed by atoms with van der Waals surface area (Å²) in [7, 11) is 1.47. The molecule has 1 aliphatic rings. The molecular weight excluding hydrogens is 469 g/mol. The monoisotopic (exact) mass is 487 g/mol. The summed E-state index contributed by atoms with van der Waals surface area (Å²) >= 11 is 6.45. The van der Waals surface area contributed by atoms with Crippen molar-refractivity contribution in [2.75, 3.05) is 7.11 Å². The van der Waals surface area contributed by atoms with Crippen LogP contribution in [0.15, 0.2) is 89.6 Å². The number of benzene rings is 4. The first-order chi connectivity index (χ1) is 17.0. The third kappa shape index (κ3) is 4.61. The Hall–Kier alpha value is -4.16. The third-order valence-corrected chi connectivity index (χ3v) is 5.81. The smallest absolute Gasteiger partial charge is 0.363 e. The minimum atomic E-state index is -0.567. The lowest BCUT2D eigenvalue weighted by atomic mass is 10.0. The van der Waals surface area contributed by atoms with Crippen molar-refractivity contribution in [3.8, 4) is 11.5 Å². The molecule has 0 saturated carbocycles. The highest BCUT2D eigenvalue weighted by molar-refractivity contribution is 6.32. The maximum absolute atomic E-state index is 13.9. The maximum atomic E-state index is 13.9. The van der Waals surface area contributed by atoms with Gasteiger partial charge < -0.3 is 14.2 Å². The Morgan fingerprint density at radius 2 is 1.80 bits per heavy atom. The van der Waals surface area contributed by atoms with Crippen LogP contribution in [0.3, 0.4) is 0 Å². The molecule has 174 valence electrons. The van der Waals surface area contributed by atoms with Crippen molar-refractivity contribution < 1.29 is 23.4 Å². The van der Waals surface area contributed by atoms with Gasteiger partial charge in [0.05, 0.1) is 12.1 Å². The van der Waals surface area contributed by atoms with Gasteiger partial charge in [0, 0.05) is 11.1 Å². The Balaban J connectivity index is 1.45. The molecule has 0 radical (unpaired) electrons. The number of aliphatic imine (C=N–C) groups is 1. The lowest BCUT2D eigenvalue weighted by Gasteiger charge is -2.13. The molecule has 4 aromatic carbocycles. The second kappa shape index (κ2) is 9.60. The Morgan fingerprint density at radius 3 is 2.63 bits per heavy atom. The molecule has 7 heteroatoms.